The van der Waals surface area contributed by atoms with E-state index in [-0.39, 0.29) is 5.84 Å². The molecule has 6 heteroatoms. The Morgan fingerprint density at radius 3 is 2.76 bits per heavy atom. The minimum absolute atomic E-state index is 0.171. The molecule has 1 aromatic rings. The van der Waals surface area contributed by atoms with Crippen molar-refractivity contribution >= 4 is 29.0 Å². The maximum absolute atomic E-state index is 8.53. The average Bonchev–Trinajstić information content (AvgIpc) is 2.33. The van der Waals surface area contributed by atoms with E-state index in [0.717, 1.165) is 12.1 Å². The monoisotopic (exact) mass is 275 g/mol. The first-order chi connectivity index (χ1) is 8.08. The van der Waals surface area contributed by atoms with E-state index in [9.17, 15) is 0 Å². The van der Waals surface area contributed by atoms with Gasteiger partial charge >= 0.3 is 0 Å². The van der Waals surface area contributed by atoms with Crippen molar-refractivity contribution in [2.45, 2.75) is 13.5 Å². The molecule has 94 valence electrons. The molecule has 0 unspecified atom stereocenters. The Labute approximate surface area is 111 Å². The second-order valence-corrected chi connectivity index (χ2v) is 4.39. The molecule has 0 aromatic heterocycles. The maximum atomic E-state index is 8.53. The first-order valence-corrected chi connectivity index (χ1v) is 5.95. The Morgan fingerprint density at radius 2 is 2.18 bits per heavy atom. The van der Waals surface area contributed by atoms with Gasteiger partial charge in [0.1, 0.15) is 0 Å². The van der Waals surface area contributed by atoms with Gasteiger partial charge in [-0.3, -0.25) is 4.90 Å². The zero-order chi connectivity index (χ0) is 12.8. The minimum Gasteiger partial charge on any atom is -0.409 e. The molecule has 0 aliphatic heterocycles. The number of likely N-dealkylation sites (N-methyl/N-ethyl adjacent to an activating group) is 1. The predicted octanol–water partition coefficient (Wildman–Crippen LogP) is 2.56. The van der Waals surface area contributed by atoms with Gasteiger partial charge in [0.05, 0.1) is 16.6 Å². The average molecular weight is 276 g/mol. The van der Waals surface area contributed by atoms with Crippen molar-refractivity contribution in [1.82, 2.24) is 4.90 Å². The summed E-state index contributed by atoms with van der Waals surface area (Å²) in [5, 5.41) is 12.6. The molecule has 0 fully saturated rings. The van der Waals surface area contributed by atoms with Gasteiger partial charge in [-0.2, -0.15) is 0 Å². The summed E-state index contributed by atoms with van der Waals surface area (Å²) in [5.74, 6) is 0.171. The number of nitrogens with zero attached hydrogens (tertiary/aromatic N) is 2. The Hall–Kier alpha value is -0.970. The van der Waals surface area contributed by atoms with Gasteiger partial charge in [-0.15, -0.1) is 0 Å². The lowest BCUT2D eigenvalue weighted by atomic mass is 10.2. The summed E-state index contributed by atoms with van der Waals surface area (Å²) in [7, 11) is 0. The molecule has 0 aliphatic rings. The standard InChI is InChI=1S/C11H15Cl2N3O/c1-2-16(7-10(14)15-17)6-8-4-3-5-9(12)11(8)13/h3-5,17H,2,6-7H2,1H3,(H2,14,15). The van der Waals surface area contributed by atoms with Crippen molar-refractivity contribution in [3.8, 4) is 0 Å². The van der Waals surface area contributed by atoms with Crippen LogP contribution in [0.3, 0.4) is 0 Å². The highest BCUT2D eigenvalue weighted by molar-refractivity contribution is 6.42. The van der Waals surface area contributed by atoms with Crippen molar-refractivity contribution in [2.75, 3.05) is 13.1 Å². The van der Waals surface area contributed by atoms with Crippen LogP contribution in [0.25, 0.3) is 0 Å². The molecule has 0 bridgehead atoms. The molecule has 0 amide bonds. The highest BCUT2D eigenvalue weighted by Crippen LogP contribution is 2.26. The number of oxime groups is 1. The van der Waals surface area contributed by atoms with E-state index in [1.54, 1.807) is 6.07 Å². The molecular weight excluding hydrogens is 261 g/mol. The second kappa shape index (κ2) is 6.69. The highest BCUT2D eigenvalue weighted by atomic mass is 35.5. The van der Waals surface area contributed by atoms with Gasteiger partial charge in [-0.05, 0) is 18.2 Å². The van der Waals surface area contributed by atoms with Crippen molar-refractivity contribution in [2.24, 2.45) is 10.9 Å². The smallest absolute Gasteiger partial charge is 0.153 e. The van der Waals surface area contributed by atoms with Gasteiger partial charge in [-0.25, -0.2) is 0 Å². The lowest BCUT2D eigenvalue weighted by Gasteiger charge is -2.20. The van der Waals surface area contributed by atoms with Crippen molar-refractivity contribution in [3.05, 3.63) is 33.8 Å². The van der Waals surface area contributed by atoms with Crippen LogP contribution in [-0.2, 0) is 6.54 Å². The summed E-state index contributed by atoms with van der Waals surface area (Å²) < 4.78 is 0. The molecule has 1 rings (SSSR count). The van der Waals surface area contributed by atoms with E-state index in [1.165, 1.54) is 0 Å². The number of benzene rings is 1. The molecule has 0 saturated carbocycles. The van der Waals surface area contributed by atoms with Gasteiger partial charge in [0.25, 0.3) is 0 Å². The number of halogens is 2. The summed E-state index contributed by atoms with van der Waals surface area (Å²) in [6.07, 6.45) is 0. The molecule has 0 aliphatic carbocycles. The van der Waals surface area contributed by atoms with E-state index in [4.69, 9.17) is 34.1 Å². The number of amidine groups is 1. The molecular formula is C11H15Cl2N3O. The summed E-state index contributed by atoms with van der Waals surface area (Å²) in [5.41, 5.74) is 6.39. The van der Waals surface area contributed by atoms with E-state index in [1.807, 2.05) is 24.0 Å². The molecule has 0 radical (unpaired) electrons. The fourth-order valence-corrected chi connectivity index (χ4v) is 1.83. The van der Waals surface area contributed by atoms with Crippen LogP contribution in [0.1, 0.15) is 12.5 Å². The van der Waals surface area contributed by atoms with Crippen LogP contribution in [0.5, 0.6) is 0 Å². The van der Waals surface area contributed by atoms with E-state index in [0.29, 0.717) is 23.1 Å². The number of nitrogens with two attached hydrogens (primary N) is 1. The van der Waals surface area contributed by atoms with Crippen molar-refractivity contribution in [1.29, 1.82) is 0 Å². The lowest BCUT2D eigenvalue weighted by Crippen LogP contribution is -2.33. The topological polar surface area (TPSA) is 61.8 Å². The summed E-state index contributed by atoms with van der Waals surface area (Å²) >= 11 is 12.0. The third-order valence-corrected chi connectivity index (χ3v) is 3.24. The summed E-state index contributed by atoms with van der Waals surface area (Å²) in [6.45, 7) is 3.74. The third kappa shape index (κ3) is 4.07. The Balaban J connectivity index is 2.77. The van der Waals surface area contributed by atoms with Crippen LogP contribution < -0.4 is 5.73 Å². The minimum atomic E-state index is 0.171. The summed E-state index contributed by atoms with van der Waals surface area (Å²) in [4.78, 5) is 1.99. The Kier molecular flexibility index (Phi) is 5.55. The molecule has 3 N–H and O–H groups in total. The van der Waals surface area contributed by atoms with E-state index < -0.39 is 0 Å². The van der Waals surface area contributed by atoms with Crippen molar-refractivity contribution < 1.29 is 5.21 Å². The second-order valence-electron chi connectivity index (χ2n) is 3.61. The number of hydrogen-bond donors (Lipinski definition) is 2. The fourth-order valence-electron chi connectivity index (χ4n) is 1.45. The molecule has 4 nitrogen and oxygen atoms in total. The lowest BCUT2D eigenvalue weighted by molar-refractivity contribution is 0.294. The van der Waals surface area contributed by atoms with Gasteiger partial charge in [0.15, 0.2) is 5.84 Å². The maximum Gasteiger partial charge on any atom is 0.153 e. The Morgan fingerprint density at radius 1 is 1.47 bits per heavy atom. The molecule has 0 spiro atoms. The first kappa shape index (κ1) is 14.1. The molecule has 17 heavy (non-hydrogen) atoms. The van der Waals surface area contributed by atoms with Crippen LogP contribution in [-0.4, -0.2) is 29.0 Å². The Bertz CT molecular complexity index is 410. The molecule has 0 saturated heterocycles. The molecule has 0 atom stereocenters. The predicted molar refractivity (Wildman–Crippen MR) is 70.8 cm³/mol. The molecule has 1 aromatic carbocycles. The van der Waals surface area contributed by atoms with Crippen LogP contribution in [0.4, 0.5) is 0 Å². The normalized spacial score (nSPS) is 12.1. The van der Waals surface area contributed by atoms with E-state index >= 15 is 0 Å². The SMILES string of the molecule is CCN(C/C(N)=N/O)Cc1cccc(Cl)c1Cl. The van der Waals surface area contributed by atoms with Gasteiger partial charge in [0.2, 0.25) is 0 Å². The first-order valence-electron chi connectivity index (χ1n) is 5.20. The fraction of sp³-hybridized carbons (Fsp3) is 0.364. The van der Waals surface area contributed by atoms with Crippen LogP contribution in [0, 0.1) is 0 Å². The third-order valence-electron chi connectivity index (χ3n) is 2.39. The van der Waals surface area contributed by atoms with Crippen LogP contribution in [0.15, 0.2) is 23.4 Å². The van der Waals surface area contributed by atoms with Gasteiger partial charge in [0, 0.05) is 6.54 Å². The van der Waals surface area contributed by atoms with Crippen molar-refractivity contribution in [3.63, 3.8) is 0 Å². The summed E-state index contributed by atoms with van der Waals surface area (Å²) in [6, 6.07) is 5.50. The quantitative estimate of drug-likeness (QED) is 0.376. The molecule has 0 heterocycles. The van der Waals surface area contributed by atoms with Crippen LogP contribution in [0.2, 0.25) is 10.0 Å². The largest absolute Gasteiger partial charge is 0.409 e. The van der Waals surface area contributed by atoms with E-state index in [2.05, 4.69) is 5.16 Å². The zero-order valence-electron chi connectivity index (χ0n) is 9.53. The van der Waals surface area contributed by atoms with Gasteiger partial charge < -0.3 is 10.9 Å². The highest BCUT2D eigenvalue weighted by Gasteiger charge is 2.10. The number of hydrogen-bond acceptors (Lipinski definition) is 3. The van der Waals surface area contributed by atoms with Gasteiger partial charge in [-0.1, -0.05) is 47.4 Å². The zero-order valence-corrected chi connectivity index (χ0v) is 11.0. The number of rotatable bonds is 5. The van der Waals surface area contributed by atoms with Crippen LogP contribution >= 0.6 is 23.2 Å².